The topological polar surface area (TPSA) is 153 Å². The first-order valence-electron chi connectivity index (χ1n) is 9.53. The smallest absolute Gasteiger partial charge is 0.272 e. The van der Waals surface area contributed by atoms with E-state index < -0.39 is 26.5 Å². The maximum absolute atomic E-state index is 12.8. The second-order valence-electron chi connectivity index (χ2n) is 7.44. The van der Waals surface area contributed by atoms with Crippen LogP contribution in [-0.4, -0.2) is 29.0 Å². The van der Waals surface area contributed by atoms with Crippen LogP contribution >= 0.6 is 0 Å². The Morgan fingerprint density at radius 2 is 1.78 bits per heavy atom. The van der Waals surface area contributed by atoms with Gasteiger partial charge in [-0.15, -0.1) is 4.83 Å². The first-order valence-corrected chi connectivity index (χ1v) is 11.0. The van der Waals surface area contributed by atoms with Gasteiger partial charge in [0, 0.05) is 17.5 Å². The Balaban J connectivity index is 1.99. The van der Waals surface area contributed by atoms with Crippen LogP contribution in [0.25, 0.3) is 10.8 Å². The van der Waals surface area contributed by atoms with Gasteiger partial charge in [0.25, 0.3) is 27.2 Å². The summed E-state index contributed by atoms with van der Waals surface area (Å²) in [6, 6.07) is 8.19. The molecular weight excluding hydrogens is 438 g/mol. The zero-order valence-corrected chi connectivity index (χ0v) is 18.6. The Kier molecular flexibility index (Phi) is 6.10. The highest BCUT2D eigenvalue weighted by atomic mass is 32.2. The number of amides is 1. The van der Waals surface area contributed by atoms with Crippen LogP contribution < -0.4 is 15.8 Å². The van der Waals surface area contributed by atoms with E-state index >= 15 is 0 Å². The van der Waals surface area contributed by atoms with Crippen molar-refractivity contribution >= 4 is 32.4 Å². The Hall–Kier alpha value is -3.64. The van der Waals surface area contributed by atoms with Gasteiger partial charge in [0.1, 0.15) is 0 Å². The van der Waals surface area contributed by atoms with Crippen molar-refractivity contribution in [2.24, 2.45) is 0 Å². The molecule has 32 heavy (non-hydrogen) atoms. The Bertz CT molecular complexity index is 1410. The van der Waals surface area contributed by atoms with Crippen molar-refractivity contribution in [2.45, 2.75) is 38.6 Å². The maximum atomic E-state index is 12.8. The van der Waals surface area contributed by atoms with E-state index in [4.69, 9.17) is 0 Å². The van der Waals surface area contributed by atoms with E-state index in [1.807, 2.05) is 4.83 Å². The number of aryl methyl sites for hydroxylation is 1. The van der Waals surface area contributed by atoms with E-state index in [2.05, 4.69) is 10.5 Å². The number of hydrogen-bond acceptors (Lipinski definition) is 7. The number of hydrogen-bond donors (Lipinski definition) is 2. The van der Waals surface area contributed by atoms with E-state index in [1.54, 1.807) is 39.0 Å². The zero-order valence-electron chi connectivity index (χ0n) is 17.7. The van der Waals surface area contributed by atoms with Gasteiger partial charge in [0.2, 0.25) is 0 Å². The normalized spacial score (nSPS) is 11.7. The molecule has 168 valence electrons. The summed E-state index contributed by atoms with van der Waals surface area (Å²) in [6.45, 7) is 6.50. The van der Waals surface area contributed by atoms with Gasteiger partial charge in [-0.05, 0) is 44.9 Å². The van der Waals surface area contributed by atoms with E-state index in [1.165, 1.54) is 19.1 Å². The van der Waals surface area contributed by atoms with Crippen molar-refractivity contribution in [3.8, 4) is 0 Å². The standard InChI is InChI=1S/C20H21N5O6S/c1-11(2)24-20(27)16-8-6-5-7-15(16)18(22-24)19(26)21-23-32(30,31)17-10-14(25(28)29)9-12(3)13(17)4/h5-11,23H,1-4H3,(H,21,26). The first-order chi connectivity index (χ1) is 14.9. The first kappa shape index (κ1) is 23.0. The number of hydrazine groups is 1. The minimum atomic E-state index is -4.34. The Labute approximate surface area is 183 Å². The lowest BCUT2D eigenvalue weighted by atomic mass is 10.1. The zero-order chi connectivity index (χ0) is 23.8. The molecule has 0 spiro atoms. The second-order valence-corrected chi connectivity index (χ2v) is 9.09. The van der Waals surface area contributed by atoms with Crippen LogP contribution in [0.5, 0.6) is 0 Å². The number of nitrogens with one attached hydrogen (secondary N) is 2. The Morgan fingerprint density at radius 1 is 1.16 bits per heavy atom. The summed E-state index contributed by atoms with van der Waals surface area (Å²) in [5.41, 5.74) is 1.87. The molecule has 3 aromatic rings. The average molecular weight is 459 g/mol. The number of nitrogens with zero attached hydrogens (tertiary/aromatic N) is 3. The number of carbonyl (C=O) groups is 1. The molecular formula is C20H21N5O6S. The van der Waals surface area contributed by atoms with Crippen molar-refractivity contribution in [1.29, 1.82) is 0 Å². The molecule has 0 unspecified atom stereocenters. The molecule has 2 aromatic carbocycles. The quantitative estimate of drug-likeness (QED) is 0.423. The molecule has 0 bridgehead atoms. The summed E-state index contributed by atoms with van der Waals surface area (Å²) >= 11 is 0. The minimum Gasteiger partial charge on any atom is -0.272 e. The Morgan fingerprint density at radius 3 is 2.38 bits per heavy atom. The van der Waals surface area contributed by atoms with Crippen molar-refractivity contribution in [3.63, 3.8) is 0 Å². The monoisotopic (exact) mass is 459 g/mol. The number of fused-ring (bicyclic) bond motifs is 1. The molecule has 0 aliphatic rings. The third-order valence-corrected chi connectivity index (χ3v) is 6.31. The number of nitro groups is 1. The summed E-state index contributed by atoms with van der Waals surface area (Å²) in [7, 11) is -4.34. The lowest BCUT2D eigenvalue weighted by Crippen LogP contribution is -2.43. The predicted molar refractivity (Wildman–Crippen MR) is 117 cm³/mol. The molecule has 1 aromatic heterocycles. The molecule has 0 atom stereocenters. The van der Waals surface area contributed by atoms with Gasteiger partial charge >= 0.3 is 0 Å². The summed E-state index contributed by atoms with van der Waals surface area (Å²) < 4.78 is 26.7. The molecule has 0 aliphatic heterocycles. The third-order valence-electron chi connectivity index (χ3n) is 4.94. The highest BCUT2D eigenvalue weighted by Crippen LogP contribution is 2.25. The molecule has 0 radical (unpaired) electrons. The van der Waals surface area contributed by atoms with Crippen LogP contribution in [0.15, 0.2) is 46.1 Å². The van der Waals surface area contributed by atoms with Crippen LogP contribution in [0.2, 0.25) is 0 Å². The molecule has 12 heteroatoms. The van der Waals surface area contributed by atoms with Gasteiger partial charge in [0.05, 0.1) is 21.2 Å². The number of aromatic nitrogens is 2. The maximum Gasteiger partial charge on any atom is 0.287 e. The van der Waals surface area contributed by atoms with Gasteiger partial charge in [0.15, 0.2) is 5.69 Å². The molecule has 1 amide bonds. The minimum absolute atomic E-state index is 0.149. The summed E-state index contributed by atoms with van der Waals surface area (Å²) in [5.74, 6) is -0.890. The van der Waals surface area contributed by atoms with Gasteiger partial charge < -0.3 is 0 Å². The molecule has 1 heterocycles. The number of rotatable bonds is 6. The van der Waals surface area contributed by atoms with E-state index in [0.29, 0.717) is 11.1 Å². The molecule has 0 fully saturated rings. The fraction of sp³-hybridized carbons (Fsp3) is 0.250. The van der Waals surface area contributed by atoms with E-state index in [9.17, 15) is 28.1 Å². The van der Waals surface area contributed by atoms with E-state index in [0.717, 1.165) is 10.7 Å². The van der Waals surface area contributed by atoms with Crippen molar-refractivity contribution < 1.29 is 18.1 Å². The number of carbonyl (C=O) groups excluding carboxylic acids is 1. The van der Waals surface area contributed by atoms with Crippen molar-refractivity contribution in [2.75, 3.05) is 0 Å². The fourth-order valence-corrected chi connectivity index (χ4v) is 4.32. The summed E-state index contributed by atoms with van der Waals surface area (Å²) in [6.07, 6.45) is 0. The van der Waals surface area contributed by atoms with Gasteiger partial charge in [-0.25, -0.2) is 13.1 Å². The van der Waals surface area contributed by atoms with Crippen LogP contribution in [0.3, 0.4) is 0 Å². The molecule has 11 nitrogen and oxygen atoms in total. The van der Waals surface area contributed by atoms with Crippen LogP contribution in [-0.2, 0) is 10.0 Å². The predicted octanol–water partition coefficient (Wildman–Crippen LogP) is 2.13. The SMILES string of the molecule is Cc1cc([N+](=O)[O-])cc(S(=O)(=O)NNC(=O)c2nn(C(C)C)c(=O)c3ccccc23)c1C. The summed E-state index contributed by atoms with van der Waals surface area (Å²) in [5, 5.41) is 15.7. The molecule has 0 saturated carbocycles. The number of non-ortho nitro benzene ring substituents is 1. The molecule has 2 N–H and O–H groups in total. The van der Waals surface area contributed by atoms with Crippen LogP contribution in [0.1, 0.15) is 41.5 Å². The van der Waals surface area contributed by atoms with Crippen LogP contribution in [0, 0.1) is 24.0 Å². The molecule has 3 rings (SSSR count). The lowest BCUT2D eigenvalue weighted by molar-refractivity contribution is -0.385. The van der Waals surface area contributed by atoms with Gasteiger partial charge in [-0.3, -0.25) is 25.1 Å². The van der Waals surface area contributed by atoms with E-state index in [-0.39, 0.29) is 33.0 Å². The van der Waals surface area contributed by atoms with Crippen molar-refractivity contribution in [1.82, 2.24) is 20.0 Å². The fourth-order valence-electron chi connectivity index (χ4n) is 3.15. The lowest BCUT2D eigenvalue weighted by Gasteiger charge is -2.14. The number of sulfonamides is 1. The van der Waals surface area contributed by atoms with Gasteiger partial charge in [-0.1, -0.05) is 18.2 Å². The highest BCUT2D eigenvalue weighted by Gasteiger charge is 2.24. The number of benzene rings is 2. The largest absolute Gasteiger partial charge is 0.287 e. The summed E-state index contributed by atoms with van der Waals surface area (Å²) in [4.78, 5) is 37.5. The molecule has 0 aliphatic carbocycles. The van der Waals surface area contributed by atoms with Gasteiger partial charge in [-0.2, -0.15) is 5.10 Å². The second kappa shape index (κ2) is 8.48. The number of nitro benzene ring substituents is 1. The van der Waals surface area contributed by atoms with Crippen LogP contribution in [0.4, 0.5) is 5.69 Å². The molecule has 0 saturated heterocycles. The average Bonchev–Trinajstić information content (AvgIpc) is 2.73. The third kappa shape index (κ3) is 4.22. The highest BCUT2D eigenvalue weighted by molar-refractivity contribution is 7.89. The van der Waals surface area contributed by atoms with Crippen molar-refractivity contribution in [3.05, 3.63) is 73.7 Å².